The standard InChI is InChI=1S/C6H7IN2S2/c7-4-3-9-6(11-4)5-8-1-2-10-5/h3,5,8H,1-2H2. The Morgan fingerprint density at radius 1 is 1.73 bits per heavy atom. The second kappa shape index (κ2) is 3.59. The second-order valence-corrected chi connectivity index (χ2v) is 6.38. The topological polar surface area (TPSA) is 24.9 Å². The number of nitrogens with zero attached hydrogens (tertiary/aromatic N) is 1. The second-order valence-electron chi connectivity index (χ2n) is 2.21. The van der Waals surface area contributed by atoms with Gasteiger partial charge in [0.05, 0.1) is 9.08 Å². The molecule has 0 radical (unpaired) electrons. The zero-order valence-corrected chi connectivity index (χ0v) is 9.50. The maximum absolute atomic E-state index is 4.33. The molecule has 0 bridgehead atoms. The molecule has 0 saturated carbocycles. The van der Waals surface area contributed by atoms with E-state index in [-0.39, 0.29) is 0 Å². The van der Waals surface area contributed by atoms with Crippen LogP contribution >= 0.6 is 45.7 Å². The average molecular weight is 298 g/mol. The van der Waals surface area contributed by atoms with Gasteiger partial charge in [-0.15, -0.1) is 23.1 Å². The quantitative estimate of drug-likeness (QED) is 0.804. The normalized spacial score (nSPS) is 24.3. The highest BCUT2D eigenvalue weighted by atomic mass is 127. The monoisotopic (exact) mass is 298 g/mol. The molecule has 0 spiro atoms. The minimum atomic E-state index is 0.462. The number of aromatic nitrogens is 1. The van der Waals surface area contributed by atoms with Crippen LogP contribution in [0, 0.1) is 2.88 Å². The first kappa shape index (κ1) is 8.28. The molecular formula is C6H7IN2S2. The summed E-state index contributed by atoms with van der Waals surface area (Å²) in [5.74, 6) is 1.21. The van der Waals surface area contributed by atoms with Crippen LogP contribution in [-0.2, 0) is 0 Å². The van der Waals surface area contributed by atoms with Crippen molar-refractivity contribution in [1.29, 1.82) is 0 Å². The molecule has 2 rings (SSSR count). The van der Waals surface area contributed by atoms with Gasteiger partial charge >= 0.3 is 0 Å². The Bertz CT molecular complexity index is 244. The van der Waals surface area contributed by atoms with Crippen LogP contribution in [0.3, 0.4) is 0 Å². The summed E-state index contributed by atoms with van der Waals surface area (Å²) in [4.78, 5) is 4.33. The van der Waals surface area contributed by atoms with Gasteiger partial charge in [0.2, 0.25) is 0 Å². The van der Waals surface area contributed by atoms with Crippen molar-refractivity contribution in [3.63, 3.8) is 0 Å². The van der Waals surface area contributed by atoms with Gasteiger partial charge in [-0.2, -0.15) is 0 Å². The van der Waals surface area contributed by atoms with Crippen molar-refractivity contribution in [2.75, 3.05) is 12.3 Å². The van der Waals surface area contributed by atoms with Crippen LogP contribution in [0.4, 0.5) is 0 Å². The third kappa shape index (κ3) is 1.88. The van der Waals surface area contributed by atoms with E-state index in [0.717, 1.165) is 6.54 Å². The van der Waals surface area contributed by atoms with Gasteiger partial charge in [-0.3, -0.25) is 5.32 Å². The summed E-state index contributed by atoms with van der Waals surface area (Å²) in [7, 11) is 0. The molecule has 1 unspecified atom stereocenters. The summed E-state index contributed by atoms with van der Waals surface area (Å²) in [6, 6.07) is 0. The summed E-state index contributed by atoms with van der Waals surface area (Å²) >= 11 is 6.03. The molecule has 1 aromatic heterocycles. The van der Waals surface area contributed by atoms with Crippen molar-refractivity contribution >= 4 is 45.7 Å². The molecule has 1 atom stereocenters. The molecule has 11 heavy (non-hydrogen) atoms. The first-order valence-corrected chi connectivity index (χ1v) is 6.27. The summed E-state index contributed by atoms with van der Waals surface area (Å²) < 4.78 is 1.27. The Balaban J connectivity index is 2.15. The SMILES string of the molecule is Ic1cnc(C2NCCS2)s1. The molecule has 1 aliphatic heterocycles. The largest absolute Gasteiger partial charge is 0.299 e. The predicted octanol–water partition coefficient (Wildman–Crippen LogP) is 2.08. The van der Waals surface area contributed by atoms with Gasteiger partial charge in [0.25, 0.3) is 0 Å². The molecule has 1 N–H and O–H groups in total. The van der Waals surface area contributed by atoms with E-state index in [1.165, 1.54) is 13.6 Å². The molecule has 2 heterocycles. The molecule has 1 fully saturated rings. The van der Waals surface area contributed by atoms with E-state index in [4.69, 9.17) is 0 Å². The van der Waals surface area contributed by atoms with Gasteiger partial charge in [0, 0.05) is 12.3 Å². The maximum Gasteiger partial charge on any atom is 0.121 e. The minimum Gasteiger partial charge on any atom is -0.299 e. The number of nitrogens with one attached hydrogen (secondary N) is 1. The lowest BCUT2D eigenvalue weighted by Crippen LogP contribution is -2.11. The van der Waals surface area contributed by atoms with Crippen LogP contribution in [0.25, 0.3) is 0 Å². The van der Waals surface area contributed by atoms with Crippen LogP contribution in [0.15, 0.2) is 6.20 Å². The van der Waals surface area contributed by atoms with Gasteiger partial charge in [-0.1, -0.05) is 0 Å². The predicted molar refractivity (Wildman–Crippen MR) is 58.0 cm³/mol. The third-order valence-electron chi connectivity index (χ3n) is 1.44. The summed E-state index contributed by atoms with van der Waals surface area (Å²) in [6.07, 6.45) is 1.93. The molecule has 1 saturated heterocycles. The molecule has 5 heteroatoms. The Kier molecular flexibility index (Phi) is 2.70. The molecule has 0 aromatic carbocycles. The molecule has 1 aromatic rings. The molecule has 60 valence electrons. The lowest BCUT2D eigenvalue weighted by Gasteiger charge is -2.02. The van der Waals surface area contributed by atoms with Crippen molar-refractivity contribution in [1.82, 2.24) is 10.3 Å². The molecular weight excluding hydrogens is 291 g/mol. The van der Waals surface area contributed by atoms with Crippen molar-refractivity contribution in [2.24, 2.45) is 0 Å². The Labute approximate surface area is 87.3 Å². The fourth-order valence-electron chi connectivity index (χ4n) is 0.973. The van der Waals surface area contributed by atoms with E-state index < -0.39 is 0 Å². The Morgan fingerprint density at radius 3 is 3.18 bits per heavy atom. The zero-order chi connectivity index (χ0) is 7.68. The number of halogens is 1. The minimum absolute atomic E-state index is 0.462. The molecule has 1 aliphatic rings. The van der Waals surface area contributed by atoms with E-state index in [0.29, 0.717) is 5.37 Å². The molecule has 0 aliphatic carbocycles. The van der Waals surface area contributed by atoms with Gasteiger partial charge in [0.1, 0.15) is 10.4 Å². The van der Waals surface area contributed by atoms with E-state index in [1.54, 1.807) is 11.3 Å². The van der Waals surface area contributed by atoms with Crippen molar-refractivity contribution in [3.8, 4) is 0 Å². The summed E-state index contributed by atoms with van der Waals surface area (Å²) in [6.45, 7) is 1.12. The lowest BCUT2D eigenvalue weighted by atomic mass is 10.6. The van der Waals surface area contributed by atoms with Crippen LogP contribution < -0.4 is 5.32 Å². The van der Waals surface area contributed by atoms with Crippen LogP contribution in [0.5, 0.6) is 0 Å². The first-order valence-electron chi connectivity index (χ1n) is 3.32. The van der Waals surface area contributed by atoms with Crippen molar-refractivity contribution < 1.29 is 0 Å². The Hall–Kier alpha value is 0.670. The highest BCUT2D eigenvalue weighted by molar-refractivity contribution is 14.1. The number of hydrogen-bond acceptors (Lipinski definition) is 4. The number of thiazole rings is 1. The number of rotatable bonds is 1. The van der Waals surface area contributed by atoms with Crippen LogP contribution in [0.1, 0.15) is 10.4 Å². The highest BCUT2D eigenvalue weighted by Gasteiger charge is 2.19. The molecule has 2 nitrogen and oxygen atoms in total. The van der Waals surface area contributed by atoms with Crippen LogP contribution in [-0.4, -0.2) is 17.3 Å². The smallest absolute Gasteiger partial charge is 0.121 e. The number of thioether (sulfide) groups is 1. The van der Waals surface area contributed by atoms with E-state index in [9.17, 15) is 0 Å². The average Bonchev–Trinajstić information content (AvgIpc) is 2.55. The third-order valence-corrected chi connectivity index (χ3v) is 4.54. The van der Waals surface area contributed by atoms with Gasteiger partial charge in [-0.05, 0) is 22.6 Å². The molecule has 0 amide bonds. The Morgan fingerprint density at radius 2 is 2.64 bits per heavy atom. The lowest BCUT2D eigenvalue weighted by molar-refractivity contribution is 0.746. The number of hydrogen-bond donors (Lipinski definition) is 1. The van der Waals surface area contributed by atoms with E-state index >= 15 is 0 Å². The highest BCUT2D eigenvalue weighted by Crippen LogP contribution is 2.32. The van der Waals surface area contributed by atoms with Crippen LogP contribution in [0.2, 0.25) is 0 Å². The summed E-state index contributed by atoms with van der Waals surface area (Å²) in [5, 5.41) is 5.07. The fraction of sp³-hybridized carbons (Fsp3) is 0.500. The van der Waals surface area contributed by atoms with Gasteiger partial charge in [-0.25, -0.2) is 4.98 Å². The van der Waals surface area contributed by atoms with Gasteiger partial charge < -0.3 is 0 Å². The van der Waals surface area contributed by atoms with Crippen molar-refractivity contribution in [3.05, 3.63) is 14.1 Å². The first-order chi connectivity index (χ1) is 5.36. The summed E-state index contributed by atoms with van der Waals surface area (Å²) in [5.41, 5.74) is 0. The maximum atomic E-state index is 4.33. The fourth-order valence-corrected chi connectivity index (χ4v) is 3.65. The zero-order valence-electron chi connectivity index (χ0n) is 5.71. The van der Waals surface area contributed by atoms with E-state index in [1.807, 2.05) is 18.0 Å². The van der Waals surface area contributed by atoms with E-state index in [2.05, 4.69) is 32.9 Å². The van der Waals surface area contributed by atoms with Crippen molar-refractivity contribution in [2.45, 2.75) is 5.37 Å². The van der Waals surface area contributed by atoms with Gasteiger partial charge in [0.15, 0.2) is 0 Å².